The Kier molecular flexibility index (Phi) is 3.80. The van der Waals surface area contributed by atoms with Crippen LogP contribution in [-0.2, 0) is 4.74 Å². The van der Waals surface area contributed by atoms with Crippen molar-refractivity contribution in [2.24, 2.45) is 0 Å². The minimum atomic E-state index is -0.0598. The van der Waals surface area contributed by atoms with Crippen LogP contribution in [0.1, 0.15) is 16.6 Å². The smallest absolute Gasteiger partial charge is 0.264 e. The third-order valence-electron chi connectivity index (χ3n) is 3.14. The number of hydrogen-bond acceptors (Lipinski definition) is 4. The lowest BCUT2D eigenvalue weighted by atomic mass is 10.2. The molecule has 6 heteroatoms. The second-order valence-electron chi connectivity index (χ2n) is 4.69. The number of fused-ring (bicyclic) bond motifs is 1. The highest BCUT2D eigenvalue weighted by molar-refractivity contribution is 7.27. The van der Waals surface area contributed by atoms with Gasteiger partial charge in [0.15, 0.2) is 0 Å². The fourth-order valence-electron chi connectivity index (χ4n) is 2.32. The summed E-state index contributed by atoms with van der Waals surface area (Å²) in [6.45, 7) is 3.20. The molecule has 102 valence electrons. The summed E-state index contributed by atoms with van der Waals surface area (Å²) >= 11 is 9.08. The first-order valence-corrected chi connectivity index (χ1v) is 8.38. The zero-order valence-corrected chi connectivity index (χ0v) is 12.9. The van der Waals surface area contributed by atoms with Crippen molar-refractivity contribution in [2.45, 2.75) is 19.1 Å². The molecule has 2 aromatic heterocycles. The summed E-state index contributed by atoms with van der Waals surface area (Å²) in [5.41, 5.74) is 0. The fraction of sp³-hybridized carbons (Fsp3) is 0.462. The van der Waals surface area contributed by atoms with Crippen molar-refractivity contribution in [1.29, 1.82) is 0 Å². The first-order valence-electron chi connectivity index (χ1n) is 6.15. The van der Waals surface area contributed by atoms with Crippen LogP contribution >= 0.6 is 34.3 Å². The zero-order valence-electron chi connectivity index (χ0n) is 10.5. The Hall–Kier alpha value is -0.620. The van der Waals surface area contributed by atoms with Gasteiger partial charge in [-0.05, 0) is 24.4 Å². The summed E-state index contributed by atoms with van der Waals surface area (Å²) in [5.74, 6) is 0.520. The number of rotatable bonds is 2. The zero-order chi connectivity index (χ0) is 13.4. The summed E-state index contributed by atoms with van der Waals surface area (Å²) in [5, 5.41) is 2.05. The maximum absolute atomic E-state index is 12.5. The number of hydrogen-bond donors (Lipinski definition) is 0. The minimum Gasteiger partial charge on any atom is -0.370 e. The molecule has 0 bridgehead atoms. The number of nitrogens with zero attached hydrogens (tertiary/aromatic N) is 1. The summed E-state index contributed by atoms with van der Waals surface area (Å²) in [6, 6.07) is 4.05. The van der Waals surface area contributed by atoms with E-state index in [1.807, 2.05) is 17.9 Å². The van der Waals surface area contributed by atoms with E-state index in [0.717, 1.165) is 4.88 Å². The molecule has 1 fully saturated rings. The SMILES string of the molecule is CC1CN(C(=O)c2cc3sccc3s2)CC(CCl)O1. The van der Waals surface area contributed by atoms with Crippen molar-refractivity contribution in [2.75, 3.05) is 19.0 Å². The van der Waals surface area contributed by atoms with Crippen LogP contribution in [0.4, 0.5) is 0 Å². The van der Waals surface area contributed by atoms with Crippen LogP contribution in [0.3, 0.4) is 0 Å². The number of carbonyl (C=O) groups excluding carboxylic acids is 1. The molecular weight excluding hydrogens is 302 g/mol. The topological polar surface area (TPSA) is 29.5 Å². The summed E-state index contributed by atoms with van der Waals surface area (Å²) in [4.78, 5) is 15.2. The number of amides is 1. The molecule has 0 N–H and O–H groups in total. The summed E-state index contributed by atoms with van der Waals surface area (Å²) in [7, 11) is 0. The molecule has 0 saturated carbocycles. The van der Waals surface area contributed by atoms with Gasteiger partial charge < -0.3 is 9.64 Å². The lowest BCUT2D eigenvalue weighted by molar-refractivity contribution is -0.0569. The van der Waals surface area contributed by atoms with Crippen molar-refractivity contribution >= 4 is 49.6 Å². The quantitative estimate of drug-likeness (QED) is 0.795. The average Bonchev–Trinajstić information content (AvgIpc) is 2.97. The minimum absolute atomic E-state index is 0.0440. The predicted octanol–water partition coefficient (Wildman–Crippen LogP) is 3.43. The van der Waals surface area contributed by atoms with E-state index in [0.29, 0.717) is 19.0 Å². The van der Waals surface area contributed by atoms with Gasteiger partial charge in [-0.3, -0.25) is 4.79 Å². The molecule has 1 aliphatic rings. The Balaban J connectivity index is 1.80. The van der Waals surface area contributed by atoms with E-state index in [2.05, 4.69) is 11.4 Å². The standard InChI is InChI=1S/C13H14ClNO2S2/c1-8-6-15(7-9(5-14)17-8)13(16)12-4-11-10(19-12)2-3-18-11/h2-4,8-9H,5-7H2,1H3. The van der Waals surface area contributed by atoms with Crippen LogP contribution in [0.15, 0.2) is 17.5 Å². The van der Waals surface area contributed by atoms with Gasteiger partial charge in [0.05, 0.1) is 23.0 Å². The Bertz CT molecular complexity index is 566. The number of carbonyl (C=O) groups is 1. The van der Waals surface area contributed by atoms with Crippen molar-refractivity contribution in [1.82, 2.24) is 4.90 Å². The van der Waals surface area contributed by atoms with Gasteiger partial charge in [0.1, 0.15) is 0 Å². The Morgan fingerprint density at radius 2 is 2.37 bits per heavy atom. The molecule has 3 heterocycles. The molecule has 1 aliphatic heterocycles. The predicted molar refractivity (Wildman–Crippen MR) is 80.7 cm³/mol. The van der Waals surface area contributed by atoms with E-state index in [9.17, 15) is 4.79 Å². The number of morpholine rings is 1. The second-order valence-corrected chi connectivity index (χ2v) is 7.03. The van der Waals surface area contributed by atoms with Crippen molar-refractivity contribution in [3.05, 3.63) is 22.4 Å². The summed E-state index contributed by atoms with van der Waals surface area (Å²) < 4.78 is 8.04. The van der Waals surface area contributed by atoms with Gasteiger partial charge in [0.2, 0.25) is 0 Å². The van der Waals surface area contributed by atoms with E-state index in [-0.39, 0.29) is 18.1 Å². The third kappa shape index (κ3) is 2.65. The van der Waals surface area contributed by atoms with Crippen LogP contribution in [0, 0.1) is 0 Å². The highest BCUT2D eigenvalue weighted by Gasteiger charge is 2.29. The monoisotopic (exact) mass is 315 g/mol. The van der Waals surface area contributed by atoms with Crippen molar-refractivity contribution in [3.8, 4) is 0 Å². The van der Waals surface area contributed by atoms with Gasteiger partial charge in [-0.2, -0.15) is 0 Å². The molecule has 2 atom stereocenters. The van der Waals surface area contributed by atoms with Gasteiger partial charge in [0, 0.05) is 22.5 Å². The number of thiophene rings is 2. The Labute approximate surface area is 124 Å². The van der Waals surface area contributed by atoms with Crippen molar-refractivity contribution in [3.63, 3.8) is 0 Å². The first-order chi connectivity index (χ1) is 9.17. The average molecular weight is 316 g/mol. The molecule has 1 saturated heterocycles. The van der Waals surface area contributed by atoms with Crippen LogP contribution < -0.4 is 0 Å². The normalized spacial score (nSPS) is 24.0. The number of alkyl halides is 1. The van der Waals surface area contributed by atoms with Gasteiger partial charge in [-0.15, -0.1) is 34.3 Å². The van der Waals surface area contributed by atoms with Crippen molar-refractivity contribution < 1.29 is 9.53 Å². The Morgan fingerprint density at radius 1 is 1.53 bits per heavy atom. The fourth-order valence-corrected chi connectivity index (χ4v) is 4.57. The highest BCUT2D eigenvalue weighted by Crippen LogP contribution is 2.31. The van der Waals surface area contributed by atoms with E-state index < -0.39 is 0 Å². The largest absolute Gasteiger partial charge is 0.370 e. The van der Waals surface area contributed by atoms with Crippen LogP contribution in [0.5, 0.6) is 0 Å². The molecule has 0 aliphatic carbocycles. The van der Waals surface area contributed by atoms with Gasteiger partial charge in [-0.25, -0.2) is 0 Å². The first kappa shape index (κ1) is 13.4. The molecule has 0 aromatic carbocycles. The van der Waals surface area contributed by atoms with Crippen LogP contribution in [0.25, 0.3) is 9.40 Å². The molecule has 3 rings (SSSR count). The van der Waals surface area contributed by atoms with Gasteiger partial charge >= 0.3 is 0 Å². The molecule has 2 aromatic rings. The second kappa shape index (κ2) is 5.40. The number of ether oxygens (including phenoxy) is 1. The Morgan fingerprint density at radius 3 is 3.11 bits per heavy atom. The van der Waals surface area contributed by atoms with E-state index in [1.165, 1.54) is 9.40 Å². The molecular formula is C13H14ClNO2S2. The van der Waals surface area contributed by atoms with E-state index >= 15 is 0 Å². The third-order valence-corrected chi connectivity index (χ3v) is 5.56. The van der Waals surface area contributed by atoms with E-state index in [1.54, 1.807) is 22.7 Å². The van der Waals surface area contributed by atoms with E-state index in [4.69, 9.17) is 16.3 Å². The van der Waals surface area contributed by atoms with Gasteiger partial charge in [-0.1, -0.05) is 0 Å². The maximum atomic E-state index is 12.5. The van der Waals surface area contributed by atoms with Gasteiger partial charge in [0.25, 0.3) is 5.91 Å². The van der Waals surface area contributed by atoms with Crippen LogP contribution in [0.2, 0.25) is 0 Å². The molecule has 0 spiro atoms. The molecule has 0 radical (unpaired) electrons. The lowest BCUT2D eigenvalue weighted by Crippen LogP contribution is -2.49. The lowest BCUT2D eigenvalue weighted by Gasteiger charge is -2.35. The highest BCUT2D eigenvalue weighted by atomic mass is 35.5. The molecule has 3 nitrogen and oxygen atoms in total. The van der Waals surface area contributed by atoms with Crippen LogP contribution in [-0.4, -0.2) is 42.0 Å². The summed E-state index contributed by atoms with van der Waals surface area (Å²) in [6.07, 6.45) is -0.0158. The molecule has 1 amide bonds. The maximum Gasteiger partial charge on any atom is 0.264 e. The molecule has 2 unspecified atom stereocenters. The number of halogens is 1. The molecule has 19 heavy (non-hydrogen) atoms.